The Morgan fingerprint density at radius 2 is 2.00 bits per heavy atom. The van der Waals surface area contributed by atoms with Gasteiger partial charge in [0, 0.05) is 36.5 Å². The molecular formula is C15H13NO. The summed E-state index contributed by atoms with van der Waals surface area (Å²) >= 11 is 0. The highest BCUT2D eigenvalue weighted by atomic mass is 16.1. The normalized spacial score (nSPS) is 16.5. The van der Waals surface area contributed by atoms with Crippen LogP contribution in [0.5, 0.6) is 0 Å². The maximum atomic E-state index is 12.2. The summed E-state index contributed by atoms with van der Waals surface area (Å²) in [5.74, 6) is 0.168. The maximum absolute atomic E-state index is 12.2. The van der Waals surface area contributed by atoms with Crippen LogP contribution < -0.4 is 0 Å². The molecule has 1 aromatic carbocycles. The zero-order valence-corrected chi connectivity index (χ0v) is 9.68. The van der Waals surface area contributed by atoms with Crippen molar-refractivity contribution in [2.24, 2.45) is 7.05 Å². The minimum Gasteiger partial charge on any atom is -0.351 e. The first-order valence-corrected chi connectivity index (χ1v) is 5.70. The number of ketones is 1. The largest absolute Gasteiger partial charge is 0.351 e. The van der Waals surface area contributed by atoms with Crippen LogP contribution in [0.3, 0.4) is 0 Å². The Morgan fingerprint density at radius 1 is 1.18 bits per heavy atom. The summed E-state index contributed by atoms with van der Waals surface area (Å²) in [6, 6.07) is 11.8. The van der Waals surface area contributed by atoms with Crippen molar-refractivity contribution in [3.63, 3.8) is 0 Å². The van der Waals surface area contributed by atoms with Crippen molar-refractivity contribution in [2.75, 3.05) is 0 Å². The number of carbonyl (C=O) groups is 1. The van der Waals surface area contributed by atoms with Crippen LogP contribution in [0.4, 0.5) is 0 Å². The molecule has 1 heterocycles. The second-order valence-corrected chi connectivity index (χ2v) is 4.38. The lowest BCUT2D eigenvalue weighted by atomic mass is 10.1. The number of fused-ring (bicyclic) bond motifs is 1. The Balaban J connectivity index is 2.02. The molecule has 1 aromatic heterocycles. The third kappa shape index (κ3) is 1.62. The van der Waals surface area contributed by atoms with Crippen LogP contribution in [0.25, 0.3) is 6.08 Å². The fourth-order valence-corrected chi connectivity index (χ4v) is 2.27. The number of allylic oxidation sites excluding steroid dienone is 1. The van der Waals surface area contributed by atoms with Gasteiger partial charge in [0.2, 0.25) is 0 Å². The number of aromatic nitrogens is 1. The monoisotopic (exact) mass is 223 g/mol. The summed E-state index contributed by atoms with van der Waals surface area (Å²) in [6.07, 6.45) is 4.72. The molecular weight excluding hydrogens is 210 g/mol. The summed E-state index contributed by atoms with van der Waals surface area (Å²) in [4.78, 5) is 12.2. The molecule has 17 heavy (non-hydrogen) atoms. The Bertz CT molecular complexity index is 619. The summed E-state index contributed by atoms with van der Waals surface area (Å²) in [7, 11) is 1.99. The lowest BCUT2D eigenvalue weighted by Crippen LogP contribution is -1.96. The van der Waals surface area contributed by atoms with E-state index in [1.54, 1.807) is 0 Å². The summed E-state index contributed by atoms with van der Waals surface area (Å²) < 4.78 is 2.02. The third-order valence-corrected chi connectivity index (χ3v) is 3.24. The van der Waals surface area contributed by atoms with Crippen molar-refractivity contribution in [3.8, 4) is 0 Å². The maximum Gasteiger partial charge on any atom is 0.189 e. The summed E-state index contributed by atoms with van der Waals surface area (Å²) in [5.41, 5.74) is 3.94. The molecule has 0 fully saturated rings. The molecule has 0 spiro atoms. The van der Waals surface area contributed by atoms with E-state index in [1.807, 2.05) is 60.3 Å². The molecule has 0 atom stereocenters. The summed E-state index contributed by atoms with van der Waals surface area (Å²) in [6.45, 7) is 0. The van der Waals surface area contributed by atoms with Crippen molar-refractivity contribution in [2.45, 2.75) is 6.42 Å². The number of rotatable bonds is 1. The van der Waals surface area contributed by atoms with Crippen LogP contribution >= 0.6 is 0 Å². The standard InChI is InChI=1S/C15H13NO/c1-16-8-4-6-13(16)10-12-9-11-5-2-3-7-14(11)15(12)17/h2-8,10H,9H2,1H3. The Hall–Kier alpha value is -2.09. The van der Waals surface area contributed by atoms with Gasteiger partial charge in [-0.1, -0.05) is 24.3 Å². The van der Waals surface area contributed by atoms with Crippen molar-refractivity contribution in [3.05, 3.63) is 65.0 Å². The van der Waals surface area contributed by atoms with Crippen molar-refractivity contribution in [1.82, 2.24) is 4.57 Å². The van der Waals surface area contributed by atoms with E-state index in [4.69, 9.17) is 0 Å². The van der Waals surface area contributed by atoms with Crippen LogP contribution in [-0.4, -0.2) is 10.4 Å². The molecule has 3 rings (SSSR count). The number of aryl methyl sites for hydroxylation is 1. The number of carbonyl (C=O) groups excluding carboxylic acids is 1. The highest BCUT2D eigenvalue weighted by Gasteiger charge is 2.23. The third-order valence-electron chi connectivity index (χ3n) is 3.24. The van der Waals surface area contributed by atoms with Crippen LogP contribution in [0, 0.1) is 0 Å². The van der Waals surface area contributed by atoms with Gasteiger partial charge < -0.3 is 4.57 Å². The zero-order chi connectivity index (χ0) is 11.8. The molecule has 0 radical (unpaired) electrons. The molecule has 0 unspecified atom stereocenters. The summed E-state index contributed by atoms with van der Waals surface area (Å²) in [5, 5.41) is 0. The molecule has 2 aromatic rings. The van der Waals surface area contributed by atoms with Gasteiger partial charge in [-0.25, -0.2) is 0 Å². The van der Waals surface area contributed by atoms with Crippen LogP contribution in [-0.2, 0) is 13.5 Å². The van der Waals surface area contributed by atoms with Gasteiger partial charge in [0.1, 0.15) is 0 Å². The number of Topliss-reactive ketones (excluding diaryl/α,β-unsaturated/α-hetero) is 1. The van der Waals surface area contributed by atoms with Gasteiger partial charge in [-0.05, 0) is 23.8 Å². The van der Waals surface area contributed by atoms with Gasteiger partial charge in [0.25, 0.3) is 0 Å². The average Bonchev–Trinajstić information content (AvgIpc) is 2.87. The first-order chi connectivity index (χ1) is 8.25. The van der Waals surface area contributed by atoms with Gasteiger partial charge in [-0.15, -0.1) is 0 Å². The second kappa shape index (κ2) is 3.74. The smallest absolute Gasteiger partial charge is 0.189 e. The van der Waals surface area contributed by atoms with E-state index in [9.17, 15) is 4.79 Å². The number of benzene rings is 1. The van der Waals surface area contributed by atoms with Gasteiger partial charge in [0.15, 0.2) is 5.78 Å². The first-order valence-electron chi connectivity index (χ1n) is 5.70. The number of hydrogen-bond acceptors (Lipinski definition) is 1. The lowest BCUT2D eigenvalue weighted by molar-refractivity contribution is 0.104. The first kappa shape index (κ1) is 10.1. The molecule has 0 saturated heterocycles. The van der Waals surface area contributed by atoms with Gasteiger partial charge >= 0.3 is 0 Å². The highest BCUT2D eigenvalue weighted by molar-refractivity contribution is 6.15. The Labute approximate surface area is 100 Å². The molecule has 1 aliphatic carbocycles. The predicted molar refractivity (Wildman–Crippen MR) is 67.9 cm³/mol. The Morgan fingerprint density at radius 3 is 2.71 bits per heavy atom. The molecule has 0 N–H and O–H groups in total. The minimum absolute atomic E-state index is 0.168. The van der Waals surface area contributed by atoms with E-state index in [0.29, 0.717) is 0 Å². The van der Waals surface area contributed by atoms with E-state index in [0.717, 1.165) is 28.8 Å². The van der Waals surface area contributed by atoms with Gasteiger partial charge in [0.05, 0.1) is 0 Å². The quantitative estimate of drug-likeness (QED) is 0.681. The molecule has 0 bridgehead atoms. The SMILES string of the molecule is Cn1cccc1C=C1Cc2ccccc2C1=O. The lowest BCUT2D eigenvalue weighted by Gasteiger charge is -1.98. The molecule has 0 amide bonds. The molecule has 2 heteroatoms. The average molecular weight is 223 g/mol. The molecule has 0 saturated carbocycles. The fraction of sp³-hybridized carbons (Fsp3) is 0.133. The van der Waals surface area contributed by atoms with E-state index in [-0.39, 0.29) is 5.78 Å². The van der Waals surface area contributed by atoms with E-state index in [1.165, 1.54) is 0 Å². The predicted octanol–water partition coefficient (Wildman–Crippen LogP) is 2.85. The molecule has 0 aliphatic heterocycles. The second-order valence-electron chi connectivity index (χ2n) is 4.38. The highest BCUT2D eigenvalue weighted by Crippen LogP contribution is 2.27. The zero-order valence-electron chi connectivity index (χ0n) is 9.68. The fourth-order valence-electron chi connectivity index (χ4n) is 2.27. The van der Waals surface area contributed by atoms with Crippen LogP contribution in [0.1, 0.15) is 21.6 Å². The molecule has 1 aliphatic rings. The van der Waals surface area contributed by atoms with Crippen molar-refractivity contribution >= 4 is 11.9 Å². The molecule has 84 valence electrons. The Kier molecular flexibility index (Phi) is 2.22. The topological polar surface area (TPSA) is 22.0 Å². The number of nitrogens with zero attached hydrogens (tertiary/aromatic N) is 1. The van der Waals surface area contributed by atoms with E-state index >= 15 is 0 Å². The minimum atomic E-state index is 0.168. The molecule has 2 nitrogen and oxygen atoms in total. The van der Waals surface area contributed by atoms with Crippen molar-refractivity contribution < 1.29 is 4.79 Å². The van der Waals surface area contributed by atoms with Gasteiger partial charge in [-0.3, -0.25) is 4.79 Å². The number of hydrogen-bond donors (Lipinski definition) is 0. The van der Waals surface area contributed by atoms with Crippen molar-refractivity contribution in [1.29, 1.82) is 0 Å². The van der Waals surface area contributed by atoms with Gasteiger partial charge in [-0.2, -0.15) is 0 Å². The van der Waals surface area contributed by atoms with Crippen LogP contribution in [0.2, 0.25) is 0 Å². The van der Waals surface area contributed by atoms with E-state index < -0.39 is 0 Å². The van der Waals surface area contributed by atoms with E-state index in [2.05, 4.69) is 0 Å². The van der Waals surface area contributed by atoms with Crippen LogP contribution in [0.15, 0.2) is 48.2 Å².